The van der Waals surface area contributed by atoms with E-state index in [1.807, 2.05) is 66.2 Å². The Labute approximate surface area is 134 Å². The summed E-state index contributed by atoms with van der Waals surface area (Å²) in [5.41, 5.74) is 3.47. The zero-order chi connectivity index (χ0) is 15.7. The van der Waals surface area contributed by atoms with Crippen LogP contribution >= 0.6 is 11.6 Å². The van der Waals surface area contributed by atoms with E-state index in [4.69, 9.17) is 11.6 Å². The summed E-state index contributed by atoms with van der Waals surface area (Å²) in [5.74, 6) is 0.00933. The molecule has 0 spiro atoms. The molecular formula is C19H16ClNO. The highest BCUT2D eigenvalue weighted by Gasteiger charge is 2.16. The Bertz CT molecular complexity index is 859. The highest BCUT2D eigenvalue weighted by atomic mass is 35.5. The second kappa shape index (κ2) is 5.82. The number of carbonyl (C=O) groups is 1. The van der Waals surface area contributed by atoms with Crippen LogP contribution in [0.3, 0.4) is 0 Å². The van der Waals surface area contributed by atoms with Crippen LogP contribution in [0.1, 0.15) is 21.5 Å². The lowest BCUT2D eigenvalue weighted by Gasteiger charge is -2.01. The number of halogens is 1. The number of hydrogen-bond donors (Lipinski definition) is 0. The van der Waals surface area contributed by atoms with Crippen LogP contribution in [0.5, 0.6) is 0 Å². The van der Waals surface area contributed by atoms with Crippen LogP contribution in [0.2, 0.25) is 5.02 Å². The molecule has 0 N–H and O–H groups in total. The van der Waals surface area contributed by atoms with Gasteiger partial charge in [-0.15, -0.1) is 6.58 Å². The Hall–Kier alpha value is -2.32. The quantitative estimate of drug-likeness (QED) is 0.490. The SMILES string of the molecule is C=CCn1cc(C(=O)c2ccc(C)cc2)c2cc(Cl)ccc21. The van der Waals surface area contributed by atoms with Crippen LogP contribution in [-0.2, 0) is 6.54 Å². The smallest absolute Gasteiger partial charge is 0.195 e. The molecule has 3 aromatic rings. The van der Waals surface area contributed by atoms with Crippen molar-refractivity contribution in [1.82, 2.24) is 4.57 Å². The number of allylic oxidation sites excluding steroid dienone is 1. The molecule has 0 atom stereocenters. The highest BCUT2D eigenvalue weighted by Crippen LogP contribution is 2.27. The Kier molecular flexibility index (Phi) is 3.86. The van der Waals surface area contributed by atoms with Gasteiger partial charge in [-0.2, -0.15) is 0 Å². The Morgan fingerprint density at radius 3 is 2.64 bits per heavy atom. The van der Waals surface area contributed by atoms with Gasteiger partial charge < -0.3 is 4.57 Å². The van der Waals surface area contributed by atoms with E-state index in [9.17, 15) is 4.79 Å². The number of aromatic nitrogens is 1. The van der Waals surface area contributed by atoms with Crippen LogP contribution in [0, 0.1) is 6.92 Å². The lowest BCUT2D eigenvalue weighted by Crippen LogP contribution is -2.00. The van der Waals surface area contributed by atoms with Gasteiger partial charge >= 0.3 is 0 Å². The molecule has 0 radical (unpaired) electrons. The third-order valence-electron chi connectivity index (χ3n) is 3.73. The molecule has 2 aromatic carbocycles. The summed E-state index contributed by atoms with van der Waals surface area (Å²) in [6, 6.07) is 13.2. The van der Waals surface area contributed by atoms with E-state index in [2.05, 4.69) is 6.58 Å². The molecule has 22 heavy (non-hydrogen) atoms. The summed E-state index contributed by atoms with van der Waals surface area (Å²) >= 11 is 6.11. The van der Waals surface area contributed by atoms with E-state index in [-0.39, 0.29) is 5.78 Å². The van der Waals surface area contributed by atoms with Crippen LogP contribution in [0.25, 0.3) is 10.9 Å². The molecule has 0 unspecified atom stereocenters. The molecule has 3 rings (SSSR count). The molecule has 1 heterocycles. The van der Waals surface area contributed by atoms with Gasteiger partial charge in [-0.3, -0.25) is 4.79 Å². The van der Waals surface area contributed by atoms with E-state index in [1.165, 1.54) is 0 Å². The lowest BCUT2D eigenvalue weighted by molar-refractivity contribution is 0.104. The maximum absolute atomic E-state index is 12.8. The van der Waals surface area contributed by atoms with Crippen molar-refractivity contribution >= 4 is 28.3 Å². The molecule has 3 heteroatoms. The number of hydrogen-bond acceptors (Lipinski definition) is 1. The molecule has 0 aliphatic rings. The third-order valence-corrected chi connectivity index (χ3v) is 3.96. The van der Waals surface area contributed by atoms with Crippen molar-refractivity contribution < 1.29 is 4.79 Å². The van der Waals surface area contributed by atoms with Gasteiger partial charge in [-0.1, -0.05) is 47.5 Å². The first-order valence-electron chi connectivity index (χ1n) is 7.11. The fraction of sp³-hybridized carbons (Fsp3) is 0.105. The molecule has 1 aromatic heterocycles. The van der Waals surface area contributed by atoms with Crippen LogP contribution in [0.4, 0.5) is 0 Å². The predicted octanol–water partition coefficient (Wildman–Crippen LogP) is 5.02. The molecule has 0 amide bonds. The number of carbonyl (C=O) groups excluding carboxylic acids is 1. The summed E-state index contributed by atoms with van der Waals surface area (Å²) < 4.78 is 2.01. The van der Waals surface area contributed by atoms with Gasteiger partial charge in [0.2, 0.25) is 0 Å². The first kappa shape index (κ1) is 14.6. The topological polar surface area (TPSA) is 22.0 Å². The zero-order valence-electron chi connectivity index (χ0n) is 12.3. The average Bonchev–Trinajstić information content (AvgIpc) is 2.86. The van der Waals surface area contributed by atoms with Crippen molar-refractivity contribution in [2.75, 3.05) is 0 Å². The normalized spacial score (nSPS) is 10.8. The largest absolute Gasteiger partial charge is 0.343 e. The van der Waals surface area contributed by atoms with Gasteiger partial charge in [0.1, 0.15) is 0 Å². The Morgan fingerprint density at radius 2 is 1.95 bits per heavy atom. The zero-order valence-corrected chi connectivity index (χ0v) is 13.1. The Balaban J connectivity index is 2.17. The van der Waals surface area contributed by atoms with E-state index in [1.54, 1.807) is 0 Å². The van der Waals surface area contributed by atoms with Crippen LogP contribution in [-0.4, -0.2) is 10.4 Å². The summed E-state index contributed by atoms with van der Waals surface area (Å²) in [6.45, 7) is 6.43. The van der Waals surface area contributed by atoms with Crippen molar-refractivity contribution in [2.45, 2.75) is 13.5 Å². The van der Waals surface area contributed by atoms with Crippen molar-refractivity contribution in [3.63, 3.8) is 0 Å². The molecule has 0 saturated carbocycles. The monoisotopic (exact) mass is 309 g/mol. The third kappa shape index (κ3) is 2.58. The van der Waals surface area contributed by atoms with Crippen molar-refractivity contribution in [3.8, 4) is 0 Å². The number of fused-ring (bicyclic) bond motifs is 1. The molecule has 0 fully saturated rings. The van der Waals surface area contributed by atoms with E-state index >= 15 is 0 Å². The first-order valence-corrected chi connectivity index (χ1v) is 7.48. The van der Waals surface area contributed by atoms with E-state index in [0.717, 1.165) is 16.5 Å². The molecule has 0 saturated heterocycles. The summed E-state index contributed by atoms with van der Waals surface area (Å²) in [4.78, 5) is 12.8. The van der Waals surface area contributed by atoms with Gasteiger partial charge in [-0.25, -0.2) is 0 Å². The van der Waals surface area contributed by atoms with Crippen molar-refractivity contribution in [3.05, 3.63) is 83.0 Å². The second-order valence-electron chi connectivity index (χ2n) is 5.34. The number of rotatable bonds is 4. The minimum absolute atomic E-state index is 0.00933. The Morgan fingerprint density at radius 1 is 1.23 bits per heavy atom. The molecule has 0 bridgehead atoms. The second-order valence-corrected chi connectivity index (χ2v) is 5.78. The molecule has 0 aliphatic heterocycles. The van der Waals surface area contributed by atoms with Crippen LogP contribution in [0.15, 0.2) is 61.3 Å². The summed E-state index contributed by atoms with van der Waals surface area (Å²) in [5, 5.41) is 1.50. The highest BCUT2D eigenvalue weighted by molar-refractivity contribution is 6.31. The van der Waals surface area contributed by atoms with Gasteiger partial charge in [0, 0.05) is 39.8 Å². The summed E-state index contributed by atoms with van der Waals surface area (Å²) in [6.07, 6.45) is 3.69. The fourth-order valence-corrected chi connectivity index (χ4v) is 2.77. The lowest BCUT2D eigenvalue weighted by atomic mass is 10.0. The van der Waals surface area contributed by atoms with Gasteiger partial charge in [0.25, 0.3) is 0 Å². The maximum Gasteiger partial charge on any atom is 0.195 e. The van der Waals surface area contributed by atoms with Crippen molar-refractivity contribution in [1.29, 1.82) is 0 Å². The van der Waals surface area contributed by atoms with E-state index in [0.29, 0.717) is 22.7 Å². The number of nitrogens with zero attached hydrogens (tertiary/aromatic N) is 1. The minimum atomic E-state index is 0.00933. The van der Waals surface area contributed by atoms with Gasteiger partial charge in [-0.05, 0) is 25.1 Å². The summed E-state index contributed by atoms with van der Waals surface area (Å²) in [7, 11) is 0. The minimum Gasteiger partial charge on any atom is -0.343 e. The van der Waals surface area contributed by atoms with Crippen molar-refractivity contribution in [2.24, 2.45) is 0 Å². The number of ketones is 1. The molecular weight excluding hydrogens is 294 g/mol. The molecule has 110 valence electrons. The number of aryl methyl sites for hydroxylation is 1. The molecule has 2 nitrogen and oxygen atoms in total. The molecule has 0 aliphatic carbocycles. The number of benzene rings is 2. The first-order chi connectivity index (χ1) is 10.6. The predicted molar refractivity (Wildman–Crippen MR) is 91.8 cm³/mol. The van der Waals surface area contributed by atoms with Gasteiger partial charge in [0.05, 0.1) is 0 Å². The van der Waals surface area contributed by atoms with Gasteiger partial charge in [0.15, 0.2) is 5.78 Å². The maximum atomic E-state index is 12.8. The average molecular weight is 310 g/mol. The van der Waals surface area contributed by atoms with E-state index < -0.39 is 0 Å². The fourth-order valence-electron chi connectivity index (χ4n) is 2.60. The standard InChI is InChI=1S/C19H16ClNO/c1-3-10-21-12-17(16-11-15(20)8-9-18(16)21)19(22)14-6-4-13(2)5-7-14/h3-9,11-12H,1,10H2,2H3. The van der Waals surface area contributed by atoms with Crippen LogP contribution < -0.4 is 0 Å².